The molecule has 27 heavy (non-hydrogen) atoms. The van der Waals surface area contributed by atoms with E-state index in [1.807, 2.05) is 11.4 Å². The Balaban J connectivity index is 2.06. The van der Waals surface area contributed by atoms with Gasteiger partial charge in [-0.05, 0) is 41.3 Å². The molecule has 10 heteroatoms. The van der Waals surface area contributed by atoms with Crippen LogP contribution < -0.4 is 10.2 Å². The zero-order valence-electron chi connectivity index (χ0n) is 14.8. The number of carbonyl (C=O) groups excluding carboxylic acids is 1. The second-order valence-electron chi connectivity index (χ2n) is 5.97. The second-order valence-corrected chi connectivity index (χ2v) is 8.86. The fraction of sp³-hybridized carbons (Fsp3) is 0.353. The van der Waals surface area contributed by atoms with E-state index in [2.05, 4.69) is 0 Å². The molecule has 2 N–H and O–H groups in total. The molecule has 3 rings (SSSR count). The molecule has 0 saturated carbocycles. The summed E-state index contributed by atoms with van der Waals surface area (Å²) in [6.45, 7) is -0.0489. The van der Waals surface area contributed by atoms with Gasteiger partial charge in [-0.25, -0.2) is 13.9 Å². The van der Waals surface area contributed by atoms with Crippen LogP contribution in [-0.2, 0) is 26.0 Å². The Kier molecular flexibility index (Phi) is 5.82. The molecule has 0 fully saturated rings. The van der Waals surface area contributed by atoms with Gasteiger partial charge in [-0.2, -0.15) is 4.31 Å². The van der Waals surface area contributed by atoms with E-state index in [-0.39, 0.29) is 17.9 Å². The molecule has 0 radical (unpaired) electrons. The Morgan fingerprint density at radius 1 is 1.26 bits per heavy atom. The summed E-state index contributed by atoms with van der Waals surface area (Å²) in [6.07, 6.45) is -0.370. The van der Waals surface area contributed by atoms with Gasteiger partial charge >= 0.3 is 0 Å². The van der Waals surface area contributed by atoms with Gasteiger partial charge in [0, 0.05) is 25.0 Å². The fourth-order valence-electron chi connectivity index (χ4n) is 3.12. The van der Waals surface area contributed by atoms with Crippen molar-refractivity contribution in [1.82, 2.24) is 9.79 Å². The third kappa shape index (κ3) is 3.71. The first kappa shape index (κ1) is 19.8. The lowest BCUT2D eigenvalue weighted by Crippen LogP contribution is -2.50. The van der Waals surface area contributed by atoms with Crippen LogP contribution in [0.25, 0.3) is 0 Å². The van der Waals surface area contributed by atoms with Gasteiger partial charge in [-0.3, -0.25) is 10.0 Å². The molecule has 1 amide bonds. The lowest BCUT2D eigenvalue weighted by Gasteiger charge is -2.29. The maximum Gasteiger partial charge on any atom is 0.262 e. The van der Waals surface area contributed by atoms with Crippen LogP contribution in [0.5, 0.6) is 5.75 Å². The van der Waals surface area contributed by atoms with Gasteiger partial charge in [-0.15, -0.1) is 11.3 Å². The van der Waals surface area contributed by atoms with Crippen molar-refractivity contribution in [3.05, 3.63) is 46.2 Å². The molecule has 146 valence electrons. The lowest BCUT2D eigenvalue weighted by atomic mass is 10.1. The molecule has 2 atom stereocenters. The van der Waals surface area contributed by atoms with Crippen molar-refractivity contribution in [2.24, 2.45) is 0 Å². The van der Waals surface area contributed by atoms with Gasteiger partial charge in [0.25, 0.3) is 5.91 Å². The minimum atomic E-state index is -4.02. The van der Waals surface area contributed by atoms with Gasteiger partial charge in [-0.1, -0.05) is 0 Å². The molecule has 2 heterocycles. The molecule has 1 aromatic heterocycles. The maximum atomic E-state index is 13.3. The van der Waals surface area contributed by atoms with Crippen molar-refractivity contribution in [3.63, 3.8) is 0 Å². The normalized spacial score (nSPS) is 20.6. The smallest absolute Gasteiger partial charge is 0.262 e. The Morgan fingerprint density at radius 2 is 1.96 bits per heavy atom. The highest BCUT2D eigenvalue weighted by molar-refractivity contribution is 7.89. The zero-order chi connectivity index (χ0) is 19.6. The number of benzene rings is 1. The molecule has 1 aliphatic heterocycles. The Labute approximate surface area is 161 Å². The van der Waals surface area contributed by atoms with Crippen molar-refractivity contribution >= 4 is 27.3 Å². The van der Waals surface area contributed by atoms with Crippen molar-refractivity contribution < 1.29 is 27.9 Å². The number of carbonyl (C=O) groups is 1. The number of thiophene rings is 1. The Hall–Kier alpha value is -1.98. The third-order valence-corrected chi connectivity index (χ3v) is 7.41. The molecule has 1 aromatic carbocycles. The molecule has 8 nitrogen and oxygen atoms in total. The summed E-state index contributed by atoms with van der Waals surface area (Å²) in [4.78, 5) is 13.2. The Bertz CT molecular complexity index is 910. The second kappa shape index (κ2) is 7.95. The van der Waals surface area contributed by atoms with E-state index >= 15 is 0 Å². The minimum absolute atomic E-state index is 0.0270. The first-order valence-electron chi connectivity index (χ1n) is 8.11. The van der Waals surface area contributed by atoms with Crippen LogP contribution in [0, 0.1) is 0 Å². The van der Waals surface area contributed by atoms with Gasteiger partial charge < -0.3 is 9.47 Å². The van der Waals surface area contributed by atoms with Crippen LogP contribution in [-0.4, -0.2) is 50.6 Å². The zero-order valence-corrected chi connectivity index (χ0v) is 16.4. The van der Waals surface area contributed by atoms with Gasteiger partial charge in [0.15, 0.2) is 0 Å². The third-order valence-electron chi connectivity index (χ3n) is 4.56. The SMILES string of the molecule is COc1ccc(S(=O)(=O)N2C[C@@H](OC)c3ccsc3C[C@H]2C(=O)NO)cc1. The van der Waals surface area contributed by atoms with Crippen LogP contribution in [0.15, 0.2) is 40.6 Å². The number of sulfonamides is 1. The van der Waals surface area contributed by atoms with Crippen molar-refractivity contribution in [1.29, 1.82) is 0 Å². The quantitative estimate of drug-likeness (QED) is 0.570. The summed E-state index contributed by atoms with van der Waals surface area (Å²) >= 11 is 1.42. The predicted molar refractivity (Wildman–Crippen MR) is 98.4 cm³/mol. The number of ether oxygens (including phenoxy) is 2. The van der Waals surface area contributed by atoms with E-state index in [4.69, 9.17) is 14.7 Å². The summed E-state index contributed by atoms with van der Waals surface area (Å²) in [5.41, 5.74) is 2.44. The number of fused-ring (bicyclic) bond motifs is 1. The molecular formula is C17H20N2O6S2. The van der Waals surface area contributed by atoms with E-state index in [1.165, 1.54) is 49.8 Å². The summed E-state index contributed by atoms with van der Waals surface area (Å²) < 4.78 is 38.2. The number of methoxy groups -OCH3 is 2. The molecule has 0 bridgehead atoms. The molecule has 0 spiro atoms. The number of hydrogen-bond donors (Lipinski definition) is 2. The highest BCUT2D eigenvalue weighted by Gasteiger charge is 2.41. The average Bonchev–Trinajstić information content (AvgIpc) is 3.08. The van der Waals surface area contributed by atoms with Crippen molar-refractivity contribution in [2.45, 2.75) is 23.5 Å². The minimum Gasteiger partial charge on any atom is -0.497 e. The summed E-state index contributed by atoms with van der Waals surface area (Å²) in [7, 11) is -1.04. The van der Waals surface area contributed by atoms with E-state index in [1.54, 1.807) is 5.48 Å². The highest BCUT2D eigenvalue weighted by Crippen LogP contribution is 2.35. The summed E-state index contributed by atoms with van der Waals surface area (Å²) in [5.74, 6) is -0.269. The topological polar surface area (TPSA) is 105 Å². The van der Waals surface area contributed by atoms with Crippen molar-refractivity contribution in [3.8, 4) is 5.75 Å². The molecule has 0 aliphatic carbocycles. The highest BCUT2D eigenvalue weighted by atomic mass is 32.2. The van der Waals surface area contributed by atoms with Crippen molar-refractivity contribution in [2.75, 3.05) is 20.8 Å². The summed E-state index contributed by atoms with van der Waals surface area (Å²) in [5, 5.41) is 11.0. The van der Waals surface area contributed by atoms with Crippen LogP contribution in [0.3, 0.4) is 0 Å². The van der Waals surface area contributed by atoms with Crippen LogP contribution >= 0.6 is 11.3 Å². The van der Waals surface area contributed by atoms with Gasteiger partial charge in [0.05, 0.1) is 18.1 Å². The number of rotatable bonds is 5. The average molecular weight is 412 g/mol. The number of nitrogens with one attached hydrogen (secondary N) is 1. The fourth-order valence-corrected chi connectivity index (χ4v) is 5.67. The van der Waals surface area contributed by atoms with Crippen LogP contribution in [0.2, 0.25) is 0 Å². The number of hydroxylamine groups is 1. The first-order chi connectivity index (χ1) is 12.9. The molecule has 0 unspecified atom stereocenters. The van der Waals surface area contributed by atoms with E-state index < -0.39 is 28.1 Å². The van der Waals surface area contributed by atoms with Gasteiger partial charge in [0.1, 0.15) is 11.8 Å². The standard InChI is InChI=1S/C17H20N2O6S2/c1-24-11-3-5-12(6-4-11)27(22,23)19-10-15(25-2)13-7-8-26-16(13)9-14(19)17(20)18-21/h3-8,14-15,21H,9-10H2,1-2H3,(H,18,20)/t14-,15+/m0/s1. The molecule has 0 saturated heterocycles. The van der Waals surface area contributed by atoms with E-state index in [0.717, 1.165) is 14.7 Å². The predicted octanol–water partition coefficient (Wildman–Crippen LogP) is 1.57. The summed E-state index contributed by atoms with van der Waals surface area (Å²) in [6, 6.07) is 6.69. The van der Waals surface area contributed by atoms with Crippen LogP contribution in [0.1, 0.15) is 16.5 Å². The molecule has 1 aliphatic rings. The van der Waals surface area contributed by atoms with Gasteiger partial charge in [0.2, 0.25) is 10.0 Å². The largest absolute Gasteiger partial charge is 0.497 e. The Morgan fingerprint density at radius 3 is 2.56 bits per heavy atom. The lowest BCUT2D eigenvalue weighted by molar-refractivity contribution is -0.133. The van der Waals surface area contributed by atoms with Crippen LogP contribution in [0.4, 0.5) is 0 Å². The monoisotopic (exact) mass is 412 g/mol. The first-order valence-corrected chi connectivity index (χ1v) is 10.4. The number of nitrogens with zero attached hydrogens (tertiary/aromatic N) is 1. The van der Waals surface area contributed by atoms with E-state index in [0.29, 0.717) is 5.75 Å². The number of hydrogen-bond acceptors (Lipinski definition) is 7. The molecule has 2 aromatic rings. The molecular weight excluding hydrogens is 392 g/mol. The van der Waals surface area contributed by atoms with E-state index in [9.17, 15) is 13.2 Å². The number of amides is 1. The maximum absolute atomic E-state index is 13.3.